The fourth-order valence-electron chi connectivity index (χ4n) is 2.00. The van der Waals surface area contributed by atoms with E-state index in [4.69, 9.17) is 5.73 Å². The Hall–Kier alpha value is -2.83. The number of benzene rings is 1. The number of hydrogen-bond acceptors (Lipinski definition) is 5. The van der Waals surface area contributed by atoms with Crippen molar-refractivity contribution in [3.63, 3.8) is 0 Å². The summed E-state index contributed by atoms with van der Waals surface area (Å²) in [5.74, 6) is -0.870. The van der Waals surface area contributed by atoms with Crippen LogP contribution < -0.4 is 5.73 Å². The third kappa shape index (κ3) is 1.99. The van der Waals surface area contributed by atoms with Crippen LogP contribution in [0.4, 0.5) is 10.3 Å². The highest BCUT2D eigenvalue weighted by Crippen LogP contribution is 2.20. The summed E-state index contributed by atoms with van der Waals surface area (Å²) < 4.78 is 14.4. The van der Waals surface area contributed by atoms with Gasteiger partial charge in [-0.15, -0.1) is 5.10 Å². The van der Waals surface area contributed by atoms with Crippen LogP contribution in [0, 0.1) is 12.7 Å². The van der Waals surface area contributed by atoms with E-state index in [-0.39, 0.29) is 5.95 Å². The van der Waals surface area contributed by atoms with Gasteiger partial charge in [0.2, 0.25) is 5.95 Å². The molecule has 3 aromatic rings. The molecule has 0 fully saturated rings. The van der Waals surface area contributed by atoms with Gasteiger partial charge in [0.25, 0.3) is 5.91 Å². The Balaban J connectivity index is 2.24. The van der Waals surface area contributed by atoms with Gasteiger partial charge in [-0.05, 0) is 31.2 Å². The third-order valence-electron chi connectivity index (χ3n) is 2.85. The molecule has 0 aliphatic carbocycles. The van der Waals surface area contributed by atoms with Crippen molar-refractivity contribution in [3.05, 3.63) is 47.7 Å². The fourth-order valence-corrected chi connectivity index (χ4v) is 2.00. The van der Waals surface area contributed by atoms with E-state index in [1.807, 2.05) is 0 Å². The Bertz CT molecular complexity index is 827. The molecule has 1 aromatic carbocycles. The lowest BCUT2D eigenvalue weighted by Gasteiger charge is -2.06. The van der Waals surface area contributed by atoms with Crippen LogP contribution in [0.15, 0.2) is 30.6 Å². The van der Waals surface area contributed by atoms with Gasteiger partial charge in [0.05, 0.1) is 11.1 Å². The summed E-state index contributed by atoms with van der Waals surface area (Å²) in [5, 5.41) is 4.19. The van der Waals surface area contributed by atoms with Crippen LogP contribution in [0.2, 0.25) is 0 Å². The largest absolute Gasteiger partial charge is 0.366 e. The lowest BCUT2D eigenvalue weighted by Crippen LogP contribution is -2.14. The molecule has 0 spiro atoms. The second kappa shape index (κ2) is 4.37. The maximum atomic E-state index is 13.4. The first-order chi connectivity index (χ1) is 9.54. The van der Waals surface area contributed by atoms with E-state index < -0.39 is 11.7 Å². The van der Waals surface area contributed by atoms with Gasteiger partial charge in [-0.1, -0.05) is 0 Å². The molecule has 0 aliphatic rings. The number of anilines is 1. The van der Waals surface area contributed by atoms with Crippen LogP contribution in [0.3, 0.4) is 0 Å². The number of hydrogen-bond donors (Lipinski definition) is 1. The van der Waals surface area contributed by atoms with Gasteiger partial charge in [0, 0.05) is 11.1 Å². The number of nitrogens with zero attached hydrogens (tertiary/aromatic N) is 4. The first kappa shape index (κ1) is 12.2. The molecule has 0 aliphatic heterocycles. The molecule has 0 unspecified atom stereocenters. The van der Waals surface area contributed by atoms with Crippen molar-refractivity contribution in [2.24, 2.45) is 0 Å². The smallest absolute Gasteiger partial charge is 0.280 e. The van der Waals surface area contributed by atoms with Gasteiger partial charge in [-0.2, -0.15) is 4.68 Å². The lowest BCUT2D eigenvalue weighted by molar-refractivity contribution is 0.0946. The summed E-state index contributed by atoms with van der Waals surface area (Å²) in [6, 6.07) is 5.69. The summed E-state index contributed by atoms with van der Waals surface area (Å²) in [6.07, 6.45) is 1.22. The van der Waals surface area contributed by atoms with E-state index in [0.717, 1.165) is 4.68 Å². The van der Waals surface area contributed by atoms with Gasteiger partial charge in [0.1, 0.15) is 12.1 Å². The number of carbonyl (C=O) groups excluding carboxylic acids is 1. The number of aryl methyl sites for hydroxylation is 1. The van der Waals surface area contributed by atoms with E-state index in [2.05, 4.69) is 15.1 Å². The maximum absolute atomic E-state index is 13.4. The molecule has 20 heavy (non-hydrogen) atoms. The summed E-state index contributed by atoms with van der Waals surface area (Å²) in [4.78, 5) is 20.4. The van der Waals surface area contributed by atoms with Gasteiger partial charge in [0.15, 0.2) is 0 Å². The molecule has 0 bridgehead atoms. The molecule has 3 rings (SSSR count). The predicted octanol–water partition coefficient (Wildman–Crippen LogP) is 1.54. The van der Waals surface area contributed by atoms with E-state index in [1.54, 1.807) is 13.0 Å². The van der Waals surface area contributed by atoms with Crippen molar-refractivity contribution >= 4 is 22.8 Å². The van der Waals surface area contributed by atoms with Crippen molar-refractivity contribution in [1.82, 2.24) is 19.7 Å². The van der Waals surface area contributed by atoms with Crippen molar-refractivity contribution < 1.29 is 9.18 Å². The number of carbonyl (C=O) groups is 1. The Morgan fingerprint density at radius 2 is 2.15 bits per heavy atom. The quantitative estimate of drug-likeness (QED) is 0.725. The Labute approximate surface area is 113 Å². The standard InChI is InChI=1S/C13H10FN5O/c1-7-4-10(12(20)19-6-16-13(15)18-19)9-5-8(14)2-3-11(9)17-7/h2-6H,1H3,(H2,15,18). The molecule has 2 N–H and O–H groups in total. The number of halogens is 1. The SMILES string of the molecule is Cc1cc(C(=O)n2cnc(N)n2)c2cc(F)ccc2n1. The minimum Gasteiger partial charge on any atom is -0.366 e. The highest BCUT2D eigenvalue weighted by atomic mass is 19.1. The van der Waals surface area contributed by atoms with Crippen LogP contribution in [-0.2, 0) is 0 Å². The van der Waals surface area contributed by atoms with Crippen molar-refractivity contribution in [2.75, 3.05) is 5.73 Å². The minimum atomic E-state index is -0.435. The molecule has 7 heteroatoms. The number of rotatable bonds is 1. The lowest BCUT2D eigenvalue weighted by atomic mass is 10.1. The molecule has 100 valence electrons. The molecule has 0 radical (unpaired) electrons. The molecule has 0 amide bonds. The van der Waals surface area contributed by atoms with Crippen LogP contribution >= 0.6 is 0 Å². The normalized spacial score (nSPS) is 10.9. The predicted molar refractivity (Wildman–Crippen MR) is 70.6 cm³/mol. The maximum Gasteiger partial charge on any atom is 0.280 e. The summed E-state index contributed by atoms with van der Waals surface area (Å²) in [5.41, 5.74) is 6.89. The molecule has 0 atom stereocenters. The monoisotopic (exact) mass is 271 g/mol. The fraction of sp³-hybridized carbons (Fsp3) is 0.0769. The summed E-state index contributed by atoms with van der Waals surface area (Å²) in [6.45, 7) is 1.76. The summed E-state index contributed by atoms with van der Waals surface area (Å²) in [7, 11) is 0. The molecular formula is C13H10FN5O. The van der Waals surface area contributed by atoms with Crippen molar-refractivity contribution in [1.29, 1.82) is 0 Å². The Kier molecular flexibility index (Phi) is 2.67. The summed E-state index contributed by atoms with van der Waals surface area (Å²) >= 11 is 0. The third-order valence-corrected chi connectivity index (χ3v) is 2.85. The van der Waals surface area contributed by atoms with Crippen LogP contribution in [0.5, 0.6) is 0 Å². The number of fused-ring (bicyclic) bond motifs is 1. The number of aromatic nitrogens is 4. The first-order valence-electron chi connectivity index (χ1n) is 5.83. The van der Waals surface area contributed by atoms with Gasteiger partial charge < -0.3 is 5.73 Å². The zero-order valence-electron chi connectivity index (χ0n) is 10.5. The Morgan fingerprint density at radius 3 is 2.85 bits per heavy atom. The van der Waals surface area contributed by atoms with Crippen LogP contribution in [0.25, 0.3) is 10.9 Å². The zero-order valence-corrected chi connectivity index (χ0v) is 10.5. The van der Waals surface area contributed by atoms with E-state index in [0.29, 0.717) is 22.2 Å². The van der Waals surface area contributed by atoms with Gasteiger partial charge >= 0.3 is 0 Å². The molecule has 0 saturated heterocycles. The highest BCUT2D eigenvalue weighted by Gasteiger charge is 2.15. The molecule has 0 saturated carbocycles. The Morgan fingerprint density at radius 1 is 1.35 bits per heavy atom. The number of nitrogen functional groups attached to an aromatic ring is 1. The van der Waals surface area contributed by atoms with Crippen LogP contribution in [0.1, 0.15) is 16.1 Å². The average Bonchev–Trinajstić information content (AvgIpc) is 2.84. The van der Waals surface area contributed by atoms with E-state index >= 15 is 0 Å². The van der Waals surface area contributed by atoms with Crippen molar-refractivity contribution in [2.45, 2.75) is 6.92 Å². The highest BCUT2D eigenvalue weighted by molar-refractivity contribution is 6.06. The minimum absolute atomic E-state index is 0.000357. The second-order valence-corrected chi connectivity index (χ2v) is 4.33. The first-order valence-corrected chi connectivity index (χ1v) is 5.83. The number of pyridine rings is 1. The average molecular weight is 271 g/mol. The molecule has 2 heterocycles. The van der Waals surface area contributed by atoms with E-state index in [9.17, 15) is 9.18 Å². The van der Waals surface area contributed by atoms with Crippen molar-refractivity contribution in [3.8, 4) is 0 Å². The molecule has 6 nitrogen and oxygen atoms in total. The van der Waals surface area contributed by atoms with Gasteiger partial charge in [-0.25, -0.2) is 9.37 Å². The zero-order chi connectivity index (χ0) is 14.3. The number of nitrogens with two attached hydrogens (primary N) is 1. The molecule has 2 aromatic heterocycles. The van der Waals surface area contributed by atoms with Crippen LogP contribution in [-0.4, -0.2) is 25.7 Å². The molecular weight excluding hydrogens is 261 g/mol. The van der Waals surface area contributed by atoms with E-state index in [1.165, 1.54) is 24.5 Å². The topological polar surface area (TPSA) is 86.7 Å². The van der Waals surface area contributed by atoms with Gasteiger partial charge in [-0.3, -0.25) is 9.78 Å². The second-order valence-electron chi connectivity index (χ2n) is 4.33.